The number of aryl methyl sites for hydroxylation is 2. The quantitative estimate of drug-likeness (QED) is 0.653. The molecule has 2 aromatic carbocycles. The van der Waals surface area contributed by atoms with E-state index < -0.39 is 0 Å². The fraction of sp³-hybridized carbons (Fsp3) is 0.409. The van der Waals surface area contributed by atoms with Gasteiger partial charge < -0.3 is 20.4 Å². The van der Waals surface area contributed by atoms with Crippen LogP contribution in [0.2, 0.25) is 5.02 Å². The van der Waals surface area contributed by atoms with Crippen molar-refractivity contribution in [1.82, 2.24) is 5.32 Å². The van der Waals surface area contributed by atoms with Crippen LogP contribution in [0.5, 0.6) is 0 Å². The molecule has 2 aromatic rings. The van der Waals surface area contributed by atoms with E-state index in [0.29, 0.717) is 5.11 Å². The molecule has 6 heteroatoms. The molecule has 28 heavy (non-hydrogen) atoms. The predicted molar refractivity (Wildman–Crippen MR) is 124 cm³/mol. The molecule has 0 saturated carbocycles. The third-order valence-corrected chi connectivity index (χ3v) is 6.08. The molecule has 0 atom stereocenters. The van der Waals surface area contributed by atoms with Gasteiger partial charge in [0.2, 0.25) is 0 Å². The van der Waals surface area contributed by atoms with Gasteiger partial charge in [0, 0.05) is 5.69 Å². The second kappa shape index (κ2) is 9.59. The molecule has 0 aliphatic carbocycles. The summed E-state index contributed by atoms with van der Waals surface area (Å²) >= 11 is 11.9. The molecule has 150 valence electrons. The van der Waals surface area contributed by atoms with Crippen molar-refractivity contribution in [2.75, 3.05) is 49.5 Å². The van der Waals surface area contributed by atoms with E-state index in [1.54, 1.807) is 4.90 Å². The molecule has 0 aromatic heterocycles. The molecule has 0 amide bonds. The van der Waals surface area contributed by atoms with Gasteiger partial charge in [0.1, 0.15) is 0 Å². The minimum Gasteiger partial charge on any atom is -0.359 e. The Balaban J connectivity index is 1.41. The lowest BCUT2D eigenvalue weighted by atomic mass is 10.1. The lowest BCUT2D eigenvalue weighted by Crippen LogP contribution is -3.15. The van der Waals surface area contributed by atoms with Gasteiger partial charge in [0.05, 0.1) is 50.0 Å². The number of nitrogens with one attached hydrogen (secondary N) is 3. The fourth-order valence-corrected chi connectivity index (χ4v) is 4.15. The summed E-state index contributed by atoms with van der Waals surface area (Å²) in [6.45, 7) is 12.5. The number of benzene rings is 2. The van der Waals surface area contributed by atoms with Gasteiger partial charge in [-0.25, -0.2) is 0 Å². The van der Waals surface area contributed by atoms with Crippen molar-refractivity contribution in [3.05, 3.63) is 58.1 Å². The Morgan fingerprint density at radius 2 is 1.89 bits per heavy atom. The van der Waals surface area contributed by atoms with Crippen LogP contribution in [-0.2, 0) is 0 Å². The third-order valence-electron chi connectivity index (χ3n) is 5.53. The molecule has 0 bridgehead atoms. The third kappa shape index (κ3) is 5.37. The Hall–Kier alpha value is -1.82. The maximum Gasteiger partial charge on any atom is 0.170 e. The first kappa shape index (κ1) is 20.9. The number of rotatable bonds is 5. The summed E-state index contributed by atoms with van der Waals surface area (Å²) in [5.74, 6) is 0. The smallest absolute Gasteiger partial charge is 0.170 e. The fourth-order valence-electron chi connectivity index (χ4n) is 3.59. The van der Waals surface area contributed by atoms with Crippen LogP contribution in [0.4, 0.5) is 11.4 Å². The number of quaternary nitrogens is 1. The van der Waals surface area contributed by atoms with Crippen LogP contribution in [0.25, 0.3) is 0 Å². The van der Waals surface area contributed by atoms with Crippen LogP contribution in [0.1, 0.15) is 16.7 Å². The monoisotopic (exact) mass is 417 g/mol. The molecule has 1 saturated heterocycles. The van der Waals surface area contributed by atoms with Crippen molar-refractivity contribution in [3.8, 4) is 0 Å². The van der Waals surface area contributed by atoms with E-state index in [1.807, 2.05) is 6.07 Å². The maximum absolute atomic E-state index is 6.43. The second-order valence-electron chi connectivity index (χ2n) is 7.57. The van der Waals surface area contributed by atoms with Gasteiger partial charge in [-0.05, 0) is 67.9 Å². The molecule has 3 N–H and O–H groups in total. The molecule has 1 aliphatic heterocycles. The van der Waals surface area contributed by atoms with Gasteiger partial charge in [-0.3, -0.25) is 0 Å². The summed E-state index contributed by atoms with van der Waals surface area (Å²) in [5.41, 5.74) is 5.94. The summed E-state index contributed by atoms with van der Waals surface area (Å²) in [4.78, 5) is 3.99. The van der Waals surface area contributed by atoms with Crippen LogP contribution in [-0.4, -0.2) is 44.4 Å². The molecular weight excluding hydrogens is 388 g/mol. The minimum absolute atomic E-state index is 0.693. The van der Waals surface area contributed by atoms with Crippen molar-refractivity contribution in [2.24, 2.45) is 0 Å². The zero-order chi connectivity index (χ0) is 20.1. The first-order valence-corrected chi connectivity index (χ1v) is 10.7. The average Bonchev–Trinajstić information content (AvgIpc) is 2.66. The second-order valence-corrected chi connectivity index (χ2v) is 8.39. The van der Waals surface area contributed by atoms with E-state index in [0.717, 1.165) is 55.7 Å². The zero-order valence-electron chi connectivity index (χ0n) is 16.9. The standard InChI is InChI=1S/C22H29ClN4S/c1-16-7-8-21(19(23)15-16)27-13-11-26(12-14-27)10-9-24-22(28)25-20-6-4-5-17(2)18(20)3/h4-8,15H,9-14H2,1-3H3,(H2,24,25,28)/p+1. The van der Waals surface area contributed by atoms with Crippen LogP contribution in [0.15, 0.2) is 36.4 Å². The first-order chi connectivity index (χ1) is 13.4. The molecule has 0 radical (unpaired) electrons. The summed E-state index contributed by atoms with van der Waals surface area (Å²) in [6, 6.07) is 12.6. The predicted octanol–water partition coefficient (Wildman–Crippen LogP) is 2.96. The topological polar surface area (TPSA) is 31.7 Å². The van der Waals surface area contributed by atoms with Gasteiger partial charge in [-0.15, -0.1) is 0 Å². The molecule has 0 unspecified atom stereocenters. The molecule has 3 rings (SSSR count). The highest BCUT2D eigenvalue weighted by atomic mass is 35.5. The molecule has 4 nitrogen and oxygen atoms in total. The van der Waals surface area contributed by atoms with Gasteiger partial charge in [-0.1, -0.05) is 29.8 Å². The Labute approximate surface area is 178 Å². The average molecular weight is 418 g/mol. The minimum atomic E-state index is 0.693. The van der Waals surface area contributed by atoms with Crippen molar-refractivity contribution in [3.63, 3.8) is 0 Å². The van der Waals surface area contributed by atoms with E-state index in [-0.39, 0.29) is 0 Å². The Morgan fingerprint density at radius 1 is 1.14 bits per heavy atom. The highest BCUT2D eigenvalue weighted by Crippen LogP contribution is 2.26. The van der Waals surface area contributed by atoms with E-state index in [1.165, 1.54) is 16.7 Å². The van der Waals surface area contributed by atoms with E-state index >= 15 is 0 Å². The summed E-state index contributed by atoms with van der Waals surface area (Å²) in [7, 11) is 0. The molecule has 1 aliphatic rings. The van der Waals surface area contributed by atoms with Gasteiger partial charge in [0.25, 0.3) is 0 Å². The lowest BCUT2D eigenvalue weighted by Gasteiger charge is -2.34. The number of halogens is 1. The van der Waals surface area contributed by atoms with Crippen molar-refractivity contribution < 1.29 is 4.90 Å². The van der Waals surface area contributed by atoms with Gasteiger partial charge in [0.15, 0.2) is 5.11 Å². The number of anilines is 2. The zero-order valence-corrected chi connectivity index (χ0v) is 18.5. The van der Waals surface area contributed by atoms with Crippen molar-refractivity contribution >= 4 is 40.3 Å². The van der Waals surface area contributed by atoms with Crippen LogP contribution >= 0.6 is 23.8 Å². The van der Waals surface area contributed by atoms with E-state index in [4.69, 9.17) is 23.8 Å². The lowest BCUT2D eigenvalue weighted by molar-refractivity contribution is -0.899. The van der Waals surface area contributed by atoms with E-state index in [9.17, 15) is 0 Å². The van der Waals surface area contributed by atoms with E-state index in [2.05, 4.69) is 66.6 Å². The molecule has 1 heterocycles. The number of piperazine rings is 1. The molecular formula is C22H30ClN4S+. The summed E-state index contributed by atoms with van der Waals surface area (Å²) in [6.07, 6.45) is 0. The van der Waals surface area contributed by atoms with Crippen LogP contribution < -0.4 is 20.4 Å². The van der Waals surface area contributed by atoms with Crippen molar-refractivity contribution in [1.29, 1.82) is 0 Å². The summed E-state index contributed by atoms with van der Waals surface area (Å²) in [5, 5.41) is 8.21. The normalized spacial score (nSPS) is 14.8. The number of thiocarbonyl (C=S) groups is 1. The number of nitrogens with zero attached hydrogens (tertiary/aromatic N) is 1. The van der Waals surface area contributed by atoms with Crippen LogP contribution in [0, 0.1) is 20.8 Å². The SMILES string of the molecule is Cc1ccc(N2CC[NH+](CCNC(=S)Nc3cccc(C)c3C)CC2)c(Cl)c1. The van der Waals surface area contributed by atoms with Crippen molar-refractivity contribution in [2.45, 2.75) is 20.8 Å². The molecule has 1 fully saturated rings. The first-order valence-electron chi connectivity index (χ1n) is 9.90. The maximum atomic E-state index is 6.43. The Bertz CT molecular complexity index is 831. The van der Waals surface area contributed by atoms with Gasteiger partial charge >= 0.3 is 0 Å². The number of hydrogen-bond donors (Lipinski definition) is 3. The van der Waals surface area contributed by atoms with Crippen LogP contribution in [0.3, 0.4) is 0 Å². The Kier molecular flexibility index (Phi) is 7.16. The number of hydrogen-bond acceptors (Lipinski definition) is 2. The Morgan fingerprint density at radius 3 is 2.61 bits per heavy atom. The van der Waals surface area contributed by atoms with Gasteiger partial charge in [-0.2, -0.15) is 0 Å². The highest BCUT2D eigenvalue weighted by molar-refractivity contribution is 7.80. The largest absolute Gasteiger partial charge is 0.359 e. The molecule has 0 spiro atoms. The summed E-state index contributed by atoms with van der Waals surface area (Å²) < 4.78 is 0. The highest BCUT2D eigenvalue weighted by Gasteiger charge is 2.21.